The number of esters is 1. The van der Waals surface area contributed by atoms with Crippen LogP contribution in [0.1, 0.15) is 46.0 Å². The van der Waals surface area contributed by atoms with E-state index < -0.39 is 39.0 Å². The second-order valence-corrected chi connectivity index (χ2v) is 7.12. The van der Waals surface area contributed by atoms with Gasteiger partial charge >= 0.3 is 12.1 Å². The van der Waals surface area contributed by atoms with Crippen LogP contribution in [0.3, 0.4) is 0 Å². The molecule has 1 aliphatic rings. The zero-order valence-electron chi connectivity index (χ0n) is 11.8. The van der Waals surface area contributed by atoms with Crippen LogP contribution >= 0.6 is 0 Å². The molecular weight excluding hydrogens is 313 g/mol. The van der Waals surface area contributed by atoms with Crippen molar-refractivity contribution in [3.05, 3.63) is 0 Å². The first-order valence-corrected chi connectivity index (χ1v) is 8.13. The summed E-state index contributed by atoms with van der Waals surface area (Å²) >= 11 is 0. The molecule has 1 aliphatic carbocycles. The molecule has 1 rings (SSSR count). The number of halogens is 3. The average molecular weight is 332 g/mol. The van der Waals surface area contributed by atoms with E-state index in [-0.39, 0.29) is 0 Å². The molecule has 5 nitrogen and oxygen atoms in total. The van der Waals surface area contributed by atoms with Gasteiger partial charge < -0.3 is 4.74 Å². The minimum atomic E-state index is -5.73. The fourth-order valence-electron chi connectivity index (χ4n) is 2.65. The van der Waals surface area contributed by atoms with E-state index in [1.807, 2.05) is 0 Å². The summed E-state index contributed by atoms with van der Waals surface area (Å²) in [6, 6.07) is 0. The zero-order valence-corrected chi connectivity index (χ0v) is 12.6. The predicted octanol–water partition coefficient (Wildman–Crippen LogP) is 2.71. The second-order valence-electron chi connectivity index (χ2n) is 5.53. The van der Waals surface area contributed by atoms with Crippen LogP contribution in [0.5, 0.6) is 0 Å². The molecular formula is C12H19F3O5S. The molecule has 1 saturated carbocycles. The largest absolute Gasteiger partial charge is 0.461 e. The summed E-state index contributed by atoms with van der Waals surface area (Å²) < 4.78 is 72.5. The molecule has 0 radical (unpaired) electrons. The molecule has 0 aromatic heterocycles. The van der Waals surface area contributed by atoms with Crippen molar-refractivity contribution in [3.8, 4) is 0 Å². The average Bonchev–Trinajstić information content (AvgIpc) is 2.25. The van der Waals surface area contributed by atoms with Gasteiger partial charge in [0, 0.05) is 0 Å². The van der Waals surface area contributed by atoms with Gasteiger partial charge in [0.15, 0.2) is 0 Å². The van der Waals surface area contributed by atoms with Crippen LogP contribution in [0.15, 0.2) is 0 Å². The minimum absolute atomic E-state index is 0.392. The SMILES string of the molecule is CC(C)C(C(=O)OC1CCCCC1)(C(F)(F)F)S(=O)(=O)O. The Morgan fingerprint density at radius 1 is 1.19 bits per heavy atom. The van der Waals surface area contributed by atoms with Crippen molar-refractivity contribution in [1.29, 1.82) is 0 Å². The van der Waals surface area contributed by atoms with Crippen LogP contribution < -0.4 is 0 Å². The fraction of sp³-hybridized carbons (Fsp3) is 0.917. The maximum atomic E-state index is 13.3. The first-order valence-electron chi connectivity index (χ1n) is 6.69. The molecule has 0 bridgehead atoms. The van der Waals surface area contributed by atoms with Gasteiger partial charge in [-0.05, 0) is 31.6 Å². The maximum absolute atomic E-state index is 13.3. The molecule has 0 aromatic rings. The van der Waals surface area contributed by atoms with Crippen molar-refractivity contribution in [2.75, 3.05) is 0 Å². The Labute approximate surface area is 121 Å². The van der Waals surface area contributed by atoms with Gasteiger partial charge in [-0.2, -0.15) is 21.6 Å². The molecule has 1 fully saturated rings. The highest BCUT2D eigenvalue weighted by Gasteiger charge is 2.72. The number of hydrogen-bond donors (Lipinski definition) is 1. The summed E-state index contributed by atoms with van der Waals surface area (Å²) in [6.45, 7) is 1.81. The lowest BCUT2D eigenvalue weighted by atomic mass is 9.93. The van der Waals surface area contributed by atoms with Crippen LogP contribution in [0.4, 0.5) is 13.2 Å². The van der Waals surface area contributed by atoms with Gasteiger partial charge in [-0.25, -0.2) is 4.79 Å². The third kappa shape index (κ3) is 3.33. The first kappa shape index (κ1) is 18.2. The van der Waals surface area contributed by atoms with E-state index in [1.54, 1.807) is 0 Å². The van der Waals surface area contributed by atoms with Crippen molar-refractivity contribution in [3.63, 3.8) is 0 Å². The highest BCUT2D eigenvalue weighted by molar-refractivity contribution is 7.88. The predicted molar refractivity (Wildman–Crippen MR) is 68.1 cm³/mol. The number of rotatable bonds is 4. The number of ether oxygens (including phenoxy) is 1. The van der Waals surface area contributed by atoms with Gasteiger partial charge in [0.2, 0.25) is 0 Å². The molecule has 1 N–H and O–H groups in total. The number of hydrogen-bond acceptors (Lipinski definition) is 4. The molecule has 0 aliphatic heterocycles. The Kier molecular flexibility index (Phi) is 5.31. The van der Waals surface area contributed by atoms with Gasteiger partial charge in [-0.3, -0.25) is 4.55 Å². The van der Waals surface area contributed by atoms with Crippen molar-refractivity contribution in [2.45, 2.75) is 63.0 Å². The Morgan fingerprint density at radius 2 is 1.67 bits per heavy atom. The molecule has 9 heteroatoms. The van der Waals surface area contributed by atoms with Crippen molar-refractivity contribution in [1.82, 2.24) is 0 Å². The van der Waals surface area contributed by atoms with Gasteiger partial charge in [-0.1, -0.05) is 20.3 Å². The van der Waals surface area contributed by atoms with E-state index in [0.717, 1.165) is 20.3 Å². The monoisotopic (exact) mass is 332 g/mol. The minimum Gasteiger partial charge on any atom is -0.461 e. The summed E-state index contributed by atoms with van der Waals surface area (Å²) in [5, 5.41) is 0. The second kappa shape index (κ2) is 6.12. The van der Waals surface area contributed by atoms with Crippen LogP contribution in [-0.2, 0) is 19.6 Å². The van der Waals surface area contributed by atoms with Crippen LogP contribution in [0.25, 0.3) is 0 Å². The van der Waals surface area contributed by atoms with Gasteiger partial charge in [0.05, 0.1) is 0 Å². The molecule has 124 valence electrons. The quantitative estimate of drug-likeness (QED) is 0.632. The van der Waals surface area contributed by atoms with Crippen molar-refractivity contribution >= 4 is 16.1 Å². The van der Waals surface area contributed by atoms with E-state index in [9.17, 15) is 26.4 Å². The third-order valence-corrected chi connectivity index (χ3v) is 5.45. The fourth-order valence-corrected chi connectivity index (χ4v) is 3.80. The molecule has 0 saturated heterocycles. The maximum Gasteiger partial charge on any atom is 0.421 e. The van der Waals surface area contributed by atoms with Gasteiger partial charge in [0.1, 0.15) is 6.10 Å². The van der Waals surface area contributed by atoms with E-state index in [1.165, 1.54) is 0 Å². The highest BCUT2D eigenvalue weighted by Crippen LogP contribution is 2.44. The van der Waals surface area contributed by atoms with Crippen LogP contribution in [-0.4, -0.2) is 36.0 Å². The van der Waals surface area contributed by atoms with E-state index in [4.69, 9.17) is 9.29 Å². The lowest BCUT2D eigenvalue weighted by molar-refractivity contribution is -0.200. The summed E-state index contributed by atoms with van der Waals surface area (Å²) in [7, 11) is -5.73. The molecule has 1 unspecified atom stereocenters. The standard InChI is InChI=1S/C12H19F3O5S/c1-8(2)11(12(13,14)15,21(17,18)19)10(16)20-9-6-4-3-5-7-9/h8-9H,3-7H2,1-2H3,(H,17,18,19). The molecule has 0 spiro atoms. The third-order valence-electron chi connectivity index (χ3n) is 3.77. The van der Waals surface area contributed by atoms with Crippen molar-refractivity contribution in [2.24, 2.45) is 5.92 Å². The van der Waals surface area contributed by atoms with Gasteiger partial charge in [-0.15, -0.1) is 0 Å². The number of carbonyl (C=O) groups is 1. The summed E-state index contributed by atoms with van der Waals surface area (Å²) in [4.78, 5) is 12.0. The summed E-state index contributed by atoms with van der Waals surface area (Å²) in [5.74, 6) is -3.66. The topological polar surface area (TPSA) is 80.7 Å². The van der Waals surface area contributed by atoms with E-state index >= 15 is 0 Å². The molecule has 1 atom stereocenters. The lowest BCUT2D eigenvalue weighted by Gasteiger charge is -2.35. The molecule has 0 amide bonds. The van der Waals surface area contributed by atoms with Crippen molar-refractivity contribution < 1.29 is 35.7 Å². The normalized spacial score (nSPS) is 21.1. The van der Waals surface area contributed by atoms with Crippen LogP contribution in [0.2, 0.25) is 0 Å². The lowest BCUT2D eigenvalue weighted by Crippen LogP contribution is -2.62. The molecule has 21 heavy (non-hydrogen) atoms. The zero-order chi connectivity index (χ0) is 16.5. The van der Waals surface area contributed by atoms with E-state index in [2.05, 4.69) is 0 Å². The smallest absolute Gasteiger partial charge is 0.421 e. The Hall–Kier alpha value is -0.830. The number of carbonyl (C=O) groups excluding carboxylic acids is 1. The highest BCUT2D eigenvalue weighted by atomic mass is 32.2. The summed E-state index contributed by atoms with van der Waals surface area (Å²) in [5.41, 5.74) is 0. The van der Waals surface area contributed by atoms with Gasteiger partial charge in [0.25, 0.3) is 14.9 Å². The number of alkyl halides is 3. The Morgan fingerprint density at radius 3 is 2.00 bits per heavy atom. The van der Waals surface area contributed by atoms with E-state index in [0.29, 0.717) is 25.7 Å². The first-order chi connectivity index (χ1) is 9.44. The molecule has 0 aromatic carbocycles. The van der Waals surface area contributed by atoms with Crippen LogP contribution in [0, 0.1) is 5.92 Å². The Bertz CT molecular complexity index is 480. The Balaban J connectivity index is 3.20. The molecule has 0 heterocycles. The summed E-state index contributed by atoms with van der Waals surface area (Å²) in [6.07, 6.45) is -3.14.